The van der Waals surface area contributed by atoms with Gasteiger partial charge in [-0.05, 0) is 56.7 Å². The molecule has 2 fully saturated rings. The Morgan fingerprint density at radius 1 is 1.04 bits per heavy atom. The largest absolute Gasteiger partial charge is 0.353 e. The van der Waals surface area contributed by atoms with Crippen molar-refractivity contribution < 1.29 is 13.2 Å². The summed E-state index contributed by atoms with van der Waals surface area (Å²) in [6.07, 6.45) is 8.41. The fraction of sp³-hybridized carbons (Fsp3) is 0.667. The molecule has 1 aromatic rings. The molecule has 0 bridgehead atoms. The molecule has 1 heterocycles. The minimum Gasteiger partial charge on any atom is -0.353 e. The van der Waals surface area contributed by atoms with Crippen LogP contribution in [0.1, 0.15) is 62.5 Å². The quantitative estimate of drug-likeness (QED) is 0.797. The fourth-order valence-corrected chi connectivity index (χ4v) is 6.08. The van der Waals surface area contributed by atoms with E-state index >= 15 is 0 Å². The molecule has 1 aliphatic carbocycles. The topological polar surface area (TPSA) is 66.5 Å². The van der Waals surface area contributed by atoms with Crippen LogP contribution in [0.4, 0.5) is 0 Å². The molecule has 1 amide bonds. The van der Waals surface area contributed by atoms with Crippen molar-refractivity contribution in [3.63, 3.8) is 0 Å². The molecule has 1 saturated heterocycles. The van der Waals surface area contributed by atoms with Gasteiger partial charge in [0.1, 0.15) is 0 Å². The second-order valence-corrected chi connectivity index (χ2v) is 10.0. The number of carbonyl (C=O) groups is 1. The van der Waals surface area contributed by atoms with Gasteiger partial charge in [-0.15, -0.1) is 0 Å². The average Bonchev–Trinajstić information content (AvgIpc) is 2.92. The maximum Gasteiger partial charge on any atom is 0.243 e. The highest BCUT2D eigenvalue weighted by atomic mass is 32.2. The van der Waals surface area contributed by atoms with E-state index in [1.807, 2.05) is 19.9 Å². The van der Waals surface area contributed by atoms with Gasteiger partial charge in [-0.2, -0.15) is 4.31 Å². The predicted molar refractivity (Wildman–Crippen MR) is 107 cm³/mol. The van der Waals surface area contributed by atoms with Crippen LogP contribution in [0.5, 0.6) is 0 Å². The minimum absolute atomic E-state index is 0.0303. The van der Waals surface area contributed by atoms with Crippen LogP contribution in [-0.2, 0) is 14.8 Å². The maximum absolute atomic E-state index is 13.2. The molecular formula is C21H32N2O3S. The van der Waals surface area contributed by atoms with E-state index in [0.29, 0.717) is 11.4 Å². The summed E-state index contributed by atoms with van der Waals surface area (Å²) >= 11 is 0. The van der Waals surface area contributed by atoms with Crippen LogP contribution in [-0.4, -0.2) is 37.8 Å². The van der Waals surface area contributed by atoms with Crippen molar-refractivity contribution in [3.8, 4) is 0 Å². The molecule has 6 heteroatoms. The van der Waals surface area contributed by atoms with Crippen LogP contribution < -0.4 is 5.32 Å². The number of sulfonamides is 1. The highest BCUT2D eigenvalue weighted by molar-refractivity contribution is 7.89. The number of benzene rings is 1. The highest BCUT2D eigenvalue weighted by Crippen LogP contribution is 2.27. The predicted octanol–water partition coefficient (Wildman–Crippen LogP) is 3.54. The van der Waals surface area contributed by atoms with Gasteiger partial charge < -0.3 is 5.32 Å². The molecule has 0 unspecified atom stereocenters. The summed E-state index contributed by atoms with van der Waals surface area (Å²) in [4.78, 5) is 13.1. The number of nitrogens with one attached hydrogen (secondary N) is 1. The summed E-state index contributed by atoms with van der Waals surface area (Å²) in [5.41, 5.74) is 1.76. The average molecular weight is 393 g/mol. The van der Waals surface area contributed by atoms with Gasteiger partial charge in [0.05, 0.1) is 10.8 Å². The molecule has 2 aliphatic rings. The molecule has 1 aromatic carbocycles. The molecule has 1 aliphatic heterocycles. The van der Waals surface area contributed by atoms with Crippen molar-refractivity contribution in [2.45, 2.75) is 76.2 Å². The van der Waals surface area contributed by atoms with E-state index < -0.39 is 10.0 Å². The summed E-state index contributed by atoms with van der Waals surface area (Å²) in [7, 11) is -3.57. The SMILES string of the molecule is Cc1cccc(S(=O)(=O)N2CCC[C@H](C(=O)NC3CCCCCC3)C2)c1C. The number of hydrogen-bond donors (Lipinski definition) is 1. The number of amides is 1. The smallest absolute Gasteiger partial charge is 0.243 e. The molecule has 1 atom stereocenters. The molecular weight excluding hydrogens is 360 g/mol. The van der Waals surface area contributed by atoms with Gasteiger partial charge in [0.25, 0.3) is 0 Å². The number of carbonyl (C=O) groups excluding carboxylic acids is 1. The van der Waals surface area contributed by atoms with Gasteiger partial charge in [0, 0.05) is 19.1 Å². The van der Waals surface area contributed by atoms with Crippen molar-refractivity contribution in [2.75, 3.05) is 13.1 Å². The monoisotopic (exact) mass is 392 g/mol. The first-order chi connectivity index (χ1) is 12.9. The minimum atomic E-state index is -3.57. The number of hydrogen-bond acceptors (Lipinski definition) is 3. The van der Waals surface area contributed by atoms with Crippen molar-refractivity contribution in [1.29, 1.82) is 0 Å². The van der Waals surface area contributed by atoms with Crippen LogP contribution in [0.25, 0.3) is 0 Å². The Balaban J connectivity index is 1.69. The lowest BCUT2D eigenvalue weighted by Gasteiger charge is -2.32. The maximum atomic E-state index is 13.2. The third-order valence-corrected chi connectivity index (χ3v) is 8.14. The van der Waals surface area contributed by atoms with Crippen LogP contribution in [0, 0.1) is 19.8 Å². The summed E-state index contributed by atoms with van der Waals surface area (Å²) in [6, 6.07) is 5.64. The number of rotatable bonds is 4. The Kier molecular flexibility index (Phi) is 6.58. The summed E-state index contributed by atoms with van der Waals surface area (Å²) in [5, 5.41) is 3.20. The number of piperidine rings is 1. The van der Waals surface area contributed by atoms with E-state index in [1.165, 1.54) is 30.0 Å². The molecule has 150 valence electrons. The van der Waals surface area contributed by atoms with Crippen molar-refractivity contribution in [2.24, 2.45) is 5.92 Å². The Hall–Kier alpha value is -1.40. The van der Waals surface area contributed by atoms with Gasteiger partial charge in [-0.3, -0.25) is 4.79 Å². The van der Waals surface area contributed by atoms with E-state index in [0.717, 1.165) is 36.8 Å². The third kappa shape index (κ3) is 4.72. The normalized spacial score (nSPS) is 23.0. The van der Waals surface area contributed by atoms with Gasteiger partial charge in [0.15, 0.2) is 0 Å². The van der Waals surface area contributed by atoms with Crippen LogP contribution in [0.3, 0.4) is 0 Å². The Morgan fingerprint density at radius 3 is 2.44 bits per heavy atom. The highest BCUT2D eigenvalue weighted by Gasteiger charge is 2.34. The first-order valence-corrected chi connectivity index (χ1v) is 11.7. The van der Waals surface area contributed by atoms with Crippen molar-refractivity contribution in [1.82, 2.24) is 9.62 Å². The molecule has 1 saturated carbocycles. The molecule has 0 spiro atoms. The number of aryl methyl sites for hydroxylation is 1. The summed E-state index contributed by atoms with van der Waals surface area (Å²) in [5.74, 6) is -0.218. The van der Waals surface area contributed by atoms with Gasteiger partial charge in [-0.25, -0.2) is 8.42 Å². The molecule has 3 rings (SSSR count). The molecule has 1 N–H and O–H groups in total. The zero-order chi connectivity index (χ0) is 19.4. The summed E-state index contributed by atoms with van der Waals surface area (Å²) in [6.45, 7) is 4.55. The lowest BCUT2D eigenvalue weighted by atomic mass is 9.97. The van der Waals surface area contributed by atoms with E-state index in [4.69, 9.17) is 0 Å². The van der Waals surface area contributed by atoms with Gasteiger partial charge in [-0.1, -0.05) is 37.8 Å². The summed E-state index contributed by atoms with van der Waals surface area (Å²) < 4.78 is 27.8. The second kappa shape index (κ2) is 8.74. The Morgan fingerprint density at radius 2 is 1.74 bits per heavy atom. The van der Waals surface area contributed by atoms with E-state index in [1.54, 1.807) is 12.1 Å². The van der Waals surface area contributed by atoms with Gasteiger partial charge in [0.2, 0.25) is 15.9 Å². The first-order valence-electron chi connectivity index (χ1n) is 10.3. The lowest BCUT2D eigenvalue weighted by Crippen LogP contribution is -2.47. The second-order valence-electron chi connectivity index (χ2n) is 8.10. The molecule has 27 heavy (non-hydrogen) atoms. The van der Waals surface area contributed by atoms with Crippen LogP contribution in [0.2, 0.25) is 0 Å². The zero-order valence-electron chi connectivity index (χ0n) is 16.5. The van der Waals surface area contributed by atoms with E-state index in [2.05, 4.69) is 5.32 Å². The lowest BCUT2D eigenvalue weighted by molar-refractivity contribution is -0.126. The van der Waals surface area contributed by atoms with Crippen molar-refractivity contribution in [3.05, 3.63) is 29.3 Å². The third-order valence-electron chi connectivity index (χ3n) is 6.13. The Labute approximate surface area is 163 Å². The van der Waals surface area contributed by atoms with Crippen LogP contribution >= 0.6 is 0 Å². The van der Waals surface area contributed by atoms with E-state index in [-0.39, 0.29) is 24.4 Å². The van der Waals surface area contributed by atoms with Crippen molar-refractivity contribution >= 4 is 15.9 Å². The number of nitrogens with zero attached hydrogens (tertiary/aromatic N) is 1. The zero-order valence-corrected chi connectivity index (χ0v) is 17.4. The van der Waals surface area contributed by atoms with E-state index in [9.17, 15) is 13.2 Å². The molecule has 5 nitrogen and oxygen atoms in total. The molecule has 0 radical (unpaired) electrons. The fourth-order valence-electron chi connectivity index (χ4n) is 4.26. The standard InChI is InChI=1S/C21H32N2O3S/c1-16-9-7-13-20(17(16)2)27(25,26)23-14-8-10-18(15-23)21(24)22-19-11-5-3-4-6-12-19/h7,9,13,18-19H,3-6,8,10-12,14-15H2,1-2H3,(H,22,24)/t18-/m0/s1. The van der Waals surface area contributed by atoms with Crippen LogP contribution in [0.15, 0.2) is 23.1 Å². The molecule has 0 aromatic heterocycles. The first kappa shape index (κ1) is 20.3. The Bertz CT molecular complexity index is 768. The van der Waals surface area contributed by atoms with Gasteiger partial charge >= 0.3 is 0 Å².